The predicted molar refractivity (Wildman–Crippen MR) is 72.5 cm³/mol. The zero-order valence-electron chi connectivity index (χ0n) is 11.7. The van der Waals surface area contributed by atoms with Crippen LogP contribution < -0.4 is 5.32 Å². The molecule has 0 amide bonds. The maximum Gasteiger partial charge on any atom is 0.306 e. The molecule has 2 rings (SSSR count). The van der Waals surface area contributed by atoms with Gasteiger partial charge in [0.25, 0.3) is 0 Å². The topological polar surface area (TPSA) is 49.3 Å². The van der Waals surface area contributed by atoms with Crippen LogP contribution in [0.4, 0.5) is 0 Å². The van der Waals surface area contributed by atoms with Gasteiger partial charge in [0.15, 0.2) is 0 Å². The monoisotopic (exact) mass is 253 g/mol. The van der Waals surface area contributed by atoms with Gasteiger partial charge in [0.2, 0.25) is 0 Å². The van der Waals surface area contributed by atoms with Gasteiger partial charge < -0.3 is 10.4 Å². The van der Waals surface area contributed by atoms with Gasteiger partial charge in [0.1, 0.15) is 0 Å². The van der Waals surface area contributed by atoms with Crippen molar-refractivity contribution >= 4 is 5.97 Å². The molecule has 104 valence electrons. The highest BCUT2D eigenvalue weighted by Gasteiger charge is 2.33. The van der Waals surface area contributed by atoms with E-state index in [9.17, 15) is 4.79 Å². The van der Waals surface area contributed by atoms with E-state index in [1.54, 1.807) is 0 Å². The fraction of sp³-hybridized carbons (Fsp3) is 0.933. The molecule has 2 aliphatic carbocycles. The number of hydrogen-bond donors (Lipinski definition) is 2. The molecule has 0 aromatic rings. The quantitative estimate of drug-likeness (QED) is 0.809. The minimum absolute atomic E-state index is 0.0995. The van der Waals surface area contributed by atoms with Crippen molar-refractivity contribution in [2.24, 2.45) is 17.3 Å². The van der Waals surface area contributed by atoms with Crippen LogP contribution in [-0.4, -0.2) is 23.7 Å². The van der Waals surface area contributed by atoms with Crippen LogP contribution in [0, 0.1) is 17.3 Å². The Morgan fingerprint density at radius 1 is 1.22 bits per heavy atom. The lowest BCUT2D eigenvalue weighted by Gasteiger charge is -2.35. The second-order valence-electron chi connectivity index (χ2n) is 6.98. The molecule has 2 saturated carbocycles. The molecule has 2 atom stereocenters. The third-order valence-electron chi connectivity index (χ3n) is 4.98. The second kappa shape index (κ2) is 5.60. The van der Waals surface area contributed by atoms with E-state index in [2.05, 4.69) is 19.2 Å². The Morgan fingerprint density at radius 3 is 2.50 bits per heavy atom. The summed E-state index contributed by atoms with van der Waals surface area (Å²) in [7, 11) is 0. The number of hydrogen-bond acceptors (Lipinski definition) is 2. The molecule has 18 heavy (non-hydrogen) atoms. The van der Waals surface area contributed by atoms with Gasteiger partial charge in [-0.3, -0.25) is 4.79 Å². The number of carbonyl (C=O) groups is 1. The summed E-state index contributed by atoms with van der Waals surface area (Å²) in [4.78, 5) is 11.1. The van der Waals surface area contributed by atoms with Crippen LogP contribution in [0.3, 0.4) is 0 Å². The summed E-state index contributed by atoms with van der Waals surface area (Å²) in [5, 5.41) is 12.8. The van der Waals surface area contributed by atoms with Crippen molar-refractivity contribution in [3.05, 3.63) is 0 Å². The molecule has 0 heterocycles. The Hall–Kier alpha value is -0.570. The minimum Gasteiger partial charge on any atom is -0.481 e. The average molecular weight is 253 g/mol. The summed E-state index contributed by atoms with van der Waals surface area (Å²) >= 11 is 0. The van der Waals surface area contributed by atoms with Crippen LogP contribution in [0.5, 0.6) is 0 Å². The van der Waals surface area contributed by atoms with E-state index >= 15 is 0 Å². The minimum atomic E-state index is -0.593. The molecule has 0 saturated heterocycles. The fourth-order valence-corrected chi connectivity index (χ4v) is 3.53. The van der Waals surface area contributed by atoms with Crippen molar-refractivity contribution in [2.45, 2.75) is 64.8 Å². The second-order valence-corrected chi connectivity index (χ2v) is 6.98. The Kier molecular flexibility index (Phi) is 4.31. The number of rotatable bonds is 4. The Bertz CT molecular complexity index is 291. The number of aliphatic carboxylic acids is 1. The fourth-order valence-electron chi connectivity index (χ4n) is 3.53. The van der Waals surface area contributed by atoms with Crippen molar-refractivity contribution < 1.29 is 9.90 Å². The molecule has 2 N–H and O–H groups in total. The van der Waals surface area contributed by atoms with Crippen LogP contribution in [0.1, 0.15) is 58.8 Å². The normalized spacial score (nSPS) is 32.6. The molecule has 2 aliphatic rings. The van der Waals surface area contributed by atoms with Crippen molar-refractivity contribution in [3.63, 3.8) is 0 Å². The first-order chi connectivity index (χ1) is 8.48. The molecule has 0 spiro atoms. The highest BCUT2D eigenvalue weighted by Crippen LogP contribution is 2.36. The first-order valence-corrected chi connectivity index (χ1v) is 7.44. The lowest BCUT2D eigenvalue weighted by atomic mass is 9.75. The first kappa shape index (κ1) is 13.9. The highest BCUT2D eigenvalue weighted by atomic mass is 16.4. The van der Waals surface area contributed by atoms with E-state index in [0.29, 0.717) is 17.4 Å². The van der Waals surface area contributed by atoms with E-state index in [1.807, 2.05) is 0 Å². The zero-order valence-corrected chi connectivity index (χ0v) is 11.7. The number of nitrogens with one attached hydrogen (secondary N) is 1. The van der Waals surface area contributed by atoms with Crippen LogP contribution in [-0.2, 0) is 4.79 Å². The van der Waals surface area contributed by atoms with Gasteiger partial charge in [-0.15, -0.1) is 0 Å². The van der Waals surface area contributed by atoms with Crippen molar-refractivity contribution in [2.75, 3.05) is 6.54 Å². The Balaban J connectivity index is 1.73. The number of carboxylic acid groups (broad SMARTS) is 1. The van der Waals surface area contributed by atoms with E-state index in [0.717, 1.165) is 25.8 Å². The summed E-state index contributed by atoms with van der Waals surface area (Å²) in [5.74, 6) is -0.334. The third-order valence-corrected chi connectivity index (χ3v) is 4.98. The molecular weight excluding hydrogens is 226 g/mol. The maximum atomic E-state index is 11.1. The molecular formula is C15H27NO2. The zero-order chi connectivity index (χ0) is 13.2. The third kappa shape index (κ3) is 3.47. The number of carboxylic acids is 1. The molecule has 0 radical (unpaired) electrons. The van der Waals surface area contributed by atoms with E-state index in [-0.39, 0.29) is 5.92 Å². The van der Waals surface area contributed by atoms with Crippen molar-refractivity contribution in [1.29, 1.82) is 0 Å². The summed E-state index contributed by atoms with van der Waals surface area (Å²) in [6, 6.07) is 0.619. The predicted octanol–water partition coefficient (Wildman–Crippen LogP) is 3.05. The largest absolute Gasteiger partial charge is 0.481 e. The molecule has 3 nitrogen and oxygen atoms in total. The smallest absolute Gasteiger partial charge is 0.306 e. The summed E-state index contributed by atoms with van der Waals surface area (Å²) in [5.41, 5.74) is 0.509. The molecule has 2 fully saturated rings. The van der Waals surface area contributed by atoms with Gasteiger partial charge in [-0.25, -0.2) is 0 Å². The summed E-state index contributed by atoms with van der Waals surface area (Å²) in [6.07, 6.45) is 8.12. The van der Waals surface area contributed by atoms with Crippen LogP contribution in [0.15, 0.2) is 0 Å². The van der Waals surface area contributed by atoms with Crippen LogP contribution in [0.25, 0.3) is 0 Å². The molecule has 0 aromatic heterocycles. The highest BCUT2D eigenvalue weighted by molar-refractivity contribution is 5.70. The van der Waals surface area contributed by atoms with Crippen LogP contribution >= 0.6 is 0 Å². The summed E-state index contributed by atoms with van der Waals surface area (Å²) < 4.78 is 0. The van der Waals surface area contributed by atoms with Crippen molar-refractivity contribution in [3.8, 4) is 0 Å². The van der Waals surface area contributed by atoms with E-state index < -0.39 is 5.97 Å². The first-order valence-electron chi connectivity index (χ1n) is 7.44. The lowest BCUT2D eigenvalue weighted by molar-refractivity contribution is -0.142. The lowest BCUT2D eigenvalue weighted by Crippen LogP contribution is -2.39. The average Bonchev–Trinajstić information content (AvgIpc) is 2.76. The Morgan fingerprint density at radius 2 is 1.89 bits per heavy atom. The van der Waals surface area contributed by atoms with Gasteiger partial charge in [-0.1, -0.05) is 20.3 Å². The summed E-state index contributed by atoms with van der Waals surface area (Å²) in [6.45, 7) is 5.60. The Labute approximate surface area is 110 Å². The maximum absolute atomic E-state index is 11.1. The standard InChI is InChI=1S/C15H27NO2/c1-15(2)8-6-12(7-9-15)16-10-11-4-3-5-13(11)14(17)18/h11-13,16H,3-10H2,1-2H3,(H,17,18). The van der Waals surface area contributed by atoms with E-state index in [4.69, 9.17) is 5.11 Å². The molecule has 0 aromatic carbocycles. The van der Waals surface area contributed by atoms with Gasteiger partial charge in [-0.05, 0) is 56.4 Å². The van der Waals surface area contributed by atoms with Gasteiger partial charge in [-0.2, -0.15) is 0 Å². The SMILES string of the molecule is CC1(C)CCC(NCC2CCCC2C(=O)O)CC1. The molecule has 2 unspecified atom stereocenters. The van der Waals surface area contributed by atoms with Crippen LogP contribution in [0.2, 0.25) is 0 Å². The van der Waals surface area contributed by atoms with Crippen molar-refractivity contribution in [1.82, 2.24) is 5.32 Å². The molecule has 0 bridgehead atoms. The van der Waals surface area contributed by atoms with Gasteiger partial charge >= 0.3 is 5.97 Å². The molecule has 3 heteroatoms. The van der Waals surface area contributed by atoms with E-state index in [1.165, 1.54) is 25.7 Å². The molecule has 0 aliphatic heterocycles. The van der Waals surface area contributed by atoms with Gasteiger partial charge in [0.05, 0.1) is 5.92 Å². The van der Waals surface area contributed by atoms with Gasteiger partial charge in [0, 0.05) is 6.04 Å².